The zero-order chi connectivity index (χ0) is 11.6. The second-order valence-electron chi connectivity index (χ2n) is 3.51. The van der Waals surface area contributed by atoms with Crippen molar-refractivity contribution in [3.05, 3.63) is 25.3 Å². The van der Waals surface area contributed by atoms with Crippen LogP contribution in [0.15, 0.2) is 25.3 Å². The largest absolute Gasteiger partial charge is 0.471 e. The molecule has 0 radical (unpaired) electrons. The number of likely N-dealkylation sites (tertiary alicyclic amines) is 1. The molecule has 1 amide bonds. The number of hydrogen-bond donors (Lipinski definition) is 0. The van der Waals surface area contributed by atoms with E-state index < -0.39 is 12.1 Å². The summed E-state index contributed by atoms with van der Waals surface area (Å²) in [5.41, 5.74) is 0. The molecule has 2 nitrogen and oxygen atoms in total. The number of amides is 1. The van der Waals surface area contributed by atoms with Crippen molar-refractivity contribution in [3.8, 4) is 0 Å². The van der Waals surface area contributed by atoms with E-state index in [1.165, 1.54) is 0 Å². The van der Waals surface area contributed by atoms with Crippen LogP contribution in [-0.4, -0.2) is 30.1 Å². The highest BCUT2D eigenvalue weighted by Gasteiger charge is 2.45. The fourth-order valence-corrected chi connectivity index (χ4v) is 1.70. The van der Waals surface area contributed by atoms with Crippen molar-refractivity contribution in [2.45, 2.75) is 6.18 Å². The highest BCUT2D eigenvalue weighted by Crippen LogP contribution is 2.29. The lowest BCUT2D eigenvalue weighted by Crippen LogP contribution is -2.39. The molecule has 1 aliphatic heterocycles. The first kappa shape index (κ1) is 11.8. The third-order valence-electron chi connectivity index (χ3n) is 2.55. The van der Waals surface area contributed by atoms with E-state index in [9.17, 15) is 18.0 Å². The predicted octanol–water partition coefficient (Wildman–Crippen LogP) is 2.00. The van der Waals surface area contributed by atoms with E-state index in [0.717, 1.165) is 4.90 Å². The molecular weight excluding hydrogens is 207 g/mol. The van der Waals surface area contributed by atoms with E-state index in [1.807, 2.05) is 0 Å². The molecule has 1 fully saturated rings. The van der Waals surface area contributed by atoms with Crippen molar-refractivity contribution < 1.29 is 18.0 Å². The molecule has 84 valence electrons. The lowest BCUT2D eigenvalue weighted by atomic mass is 9.97. The summed E-state index contributed by atoms with van der Waals surface area (Å²) in [6.07, 6.45) is -1.66. The molecule has 2 atom stereocenters. The quantitative estimate of drug-likeness (QED) is 0.650. The molecule has 0 N–H and O–H groups in total. The molecule has 1 rings (SSSR count). The Bertz CT molecular complexity index is 269. The molecule has 1 aliphatic rings. The van der Waals surface area contributed by atoms with Gasteiger partial charge in [-0.05, 0) is 0 Å². The highest BCUT2D eigenvalue weighted by molar-refractivity contribution is 5.82. The van der Waals surface area contributed by atoms with Crippen LogP contribution in [-0.2, 0) is 4.79 Å². The summed E-state index contributed by atoms with van der Waals surface area (Å²) in [7, 11) is 0. The van der Waals surface area contributed by atoms with Gasteiger partial charge in [0.1, 0.15) is 0 Å². The van der Waals surface area contributed by atoms with Crippen molar-refractivity contribution >= 4 is 5.91 Å². The lowest BCUT2D eigenvalue weighted by molar-refractivity contribution is -0.184. The predicted molar refractivity (Wildman–Crippen MR) is 50.0 cm³/mol. The Hall–Kier alpha value is -1.26. The Morgan fingerprint density at radius 1 is 1.20 bits per heavy atom. The number of carbonyl (C=O) groups is 1. The molecule has 0 aromatic carbocycles. The van der Waals surface area contributed by atoms with Crippen molar-refractivity contribution in [1.29, 1.82) is 0 Å². The van der Waals surface area contributed by atoms with Crippen LogP contribution in [0, 0.1) is 11.8 Å². The molecule has 0 bridgehead atoms. The number of carbonyl (C=O) groups excluding carboxylic acids is 1. The number of halogens is 3. The summed E-state index contributed by atoms with van der Waals surface area (Å²) >= 11 is 0. The summed E-state index contributed by atoms with van der Waals surface area (Å²) in [6, 6.07) is 0. The van der Waals surface area contributed by atoms with Crippen molar-refractivity contribution in [3.63, 3.8) is 0 Å². The van der Waals surface area contributed by atoms with Gasteiger partial charge in [-0.3, -0.25) is 4.79 Å². The molecule has 1 heterocycles. The maximum atomic E-state index is 12.1. The normalized spacial score (nSPS) is 26.5. The van der Waals surface area contributed by atoms with Gasteiger partial charge in [-0.15, -0.1) is 13.2 Å². The van der Waals surface area contributed by atoms with E-state index in [4.69, 9.17) is 0 Å². The van der Waals surface area contributed by atoms with E-state index >= 15 is 0 Å². The van der Waals surface area contributed by atoms with Gasteiger partial charge in [0.25, 0.3) is 0 Å². The summed E-state index contributed by atoms with van der Waals surface area (Å²) < 4.78 is 36.4. The zero-order valence-electron chi connectivity index (χ0n) is 8.13. The molecular formula is C10H12F3NO. The van der Waals surface area contributed by atoms with E-state index in [2.05, 4.69) is 13.2 Å². The SMILES string of the molecule is C=C[C@H]1CN(C(=O)C(F)(F)F)C[C@@H]1C=C. The van der Waals surface area contributed by atoms with Gasteiger partial charge >= 0.3 is 12.1 Å². The van der Waals surface area contributed by atoms with E-state index in [0.29, 0.717) is 0 Å². The Labute approximate surface area is 86.1 Å². The Morgan fingerprint density at radius 3 is 1.87 bits per heavy atom. The molecule has 15 heavy (non-hydrogen) atoms. The highest BCUT2D eigenvalue weighted by atomic mass is 19.4. The van der Waals surface area contributed by atoms with Crippen LogP contribution >= 0.6 is 0 Å². The molecule has 0 spiro atoms. The summed E-state index contributed by atoms with van der Waals surface area (Å²) in [5.74, 6) is -2.04. The number of rotatable bonds is 2. The van der Waals surface area contributed by atoms with Gasteiger partial charge < -0.3 is 4.90 Å². The molecule has 5 heteroatoms. The fourth-order valence-electron chi connectivity index (χ4n) is 1.70. The molecule has 0 unspecified atom stereocenters. The van der Waals surface area contributed by atoms with E-state index in [1.54, 1.807) is 12.2 Å². The molecule has 0 aromatic heterocycles. The Balaban J connectivity index is 2.73. The first-order valence-corrected chi connectivity index (χ1v) is 4.51. The minimum atomic E-state index is -4.79. The average Bonchev–Trinajstić information content (AvgIpc) is 2.57. The zero-order valence-corrected chi connectivity index (χ0v) is 8.13. The van der Waals surface area contributed by atoms with Gasteiger partial charge in [0.05, 0.1) is 0 Å². The summed E-state index contributed by atoms with van der Waals surface area (Å²) in [4.78, 5) is 11.7. The molecule has 1 saturated heterocycles. The lowest BCUT2D eigenvalue weighted by Gasteiger charge is -2.17. The first-order valence-electron chi connectivity index (χ1n) is 4.51. The average molecular weight is 219 g/mol. The van der Waals surface area contributed by atoms with Gasteiger partial charge in [0, 0.05) is 24.9 Å². The number of alkyl halides is 3. The van der Waals surface area contributed by atoms with Gasteiger partial charge in [-0.1, -0.05) is 12.2 Å². The third kappa shape index (κ3) is 2.40. The van der Waals surface area contributed by atoms with Crippen LogP contribution in [0.4, 0.5) is 13.2 Å². The van der Waals surface area contributed by atoms with Crippen molar-refractivity contribution in [2.24, 2.45) is 11.8 Å². The monoisotopic (exact) mass is 219 g/mol. The first-order chi connectivity index (χ1) is 6.90. The maximum Gasteiger partial charge on any atom is 0.471 e. The van der Waals surface area contributed by atoms with Crippen LogP contribution < -0.4 is 0 Å². The van der Waals surface area contributed by atoms with Gasteiger partial charge in [0.15, 0.2) is 0 Å². The second kappa shape index (κ2) is 4.08. The topological polar surface area (TPSA) is 20.3 Å². The minimum absolute atomic E-state index is 0.0680. The van der Waals surface area contributed by atoms with Crippen LogP contribution in [0.25, 0.3) is 0 Å². The maximum absolute atomic E-state index is 12.1. The van der Waals surface area contributed by atoms with Gasteiger partial charge in [-0.25, -0.2) is 0 Å². The van der Waals surface area contributed by atoms with Gasteiger partial charge in [0.2, 0.25) is 0 Å². The van der Waals surface area contributed by atoms with Crippen LogP contribution in [0.3, 0.4) is 0 Å². The summed E-state index contributed by atoms with van der Waals surface area (Å²) in [5, 5.41) is 0. The van der Waals surface area contributed by atoms with Crippen LogP contribution in [0.5, 0.6) is 0 Å². The van der Waals surface area contributed by atoms with Crippen molar-refractivity contribution in [2.75, 3.05) is 13.1 Å². The fraction of sp³-hybridized carbons (Fsp3) is 0.500. The summed E-state index contributed by atoms with van der Waals surface area (Å²) in [6.45, 7) is 7.20. The Morgan fingerprint density at radius 2 is 1.60 bits per heavy atom. The molecule has 0 aliphatic carbocycles. The number of hydrogen-bond acceptors (Lipinski definition) is 1. The van der Waals surface area contributed by atoms with E-state index in [-0.39, 0.29) is 24.9 Å². The van der Waals surface area contributed by atoms with Gasteiger partial charge in [-0.2, -0.15) is 13.2 Å². The van der Waals surface area contributed by atoms with Crippen LogP contribution in [0.1, 0.15) is 0 Å². The third-order valence-corrected chi connectivity index (χ3v) is 2.55. The minimum Gasteiger partial charge on any atom is -0.334 e. The second-order valence-corrected chi connectivity index (χ2v) is 3.51. The smallest absolute Gasteiger partial charge is 0.334 e. The standard InChI is InChI=1S/C10H12F3NO/c1-3-7-5-14(6-8(7)4-2)9(15)10(11,12)13/h3-4,7-8H,1-2,5-6H2/t7-,8-/m0/s1. The Kier molecular flexibility index (Phi) is 3.21. The molecule has 0 saturated carbocycles. The molecule has 0 aromatic rings. The van der Waals surface area contributed by atoms with Crippen LogP contribution in [0.2, 0.25) is 0 Å². The number of nitrogens with zero attached hydrogens (tertiary/aromatic N) is 1. The van der Waals surface area contributed by atoms with Crippen molar-refractivity contribution in [1.82, 2.24) is 4.90 Å².